The fourth-order valence-corrected chi connectivity index (χ4v) is 4.49. The van der Waals surface area contributed by atoms with Crippen LogP contribution in [0, 0.1) is 0 Å². The Bertz CT molecular complexity index is 1180. The van der Waals surface area contributed by atoms with Crippen molar-refractivity contribution < 1.29 is 22.6 Å². The number of benzene rings is 1. The second-order valence-corrected chi connectivity index (χ2v) is 9.38. The van der Waals surface area contributed by atoms with E-state index in [1.807, 2.05) is 6.92 Å². The smallest absolute Gasteiger partial charge is 0.243 e. The minimum absolute atomic E-state index is 0.0200. The van der Waals surface area contributed by atoms with Crippen LogP contribution in [0.2, 0.25) is 5.02 Å². The highest BCUT2D eigenvalue weighted by atomic mass is 35.5. The van der Waals surface area contributed by atoms with E-state index in [4.69, 9.17) is 25.8 Å². The van der Waals surface area contributed by atoms with Gasteiger partial charge in [0.1, 0.15) is 34.4 Å². The number of rotatable bonds is 10. The first-order valence-corrected chi connectivity index (χ1v) is 11.9. The molecule has 33 heavy (non-hydrogen) atoms. The monoisotopic (exact) mass is 496 g/mol. The van der Waals surface area contributed by atoms with Gasteiger partial charge in [-0.25, -0.2) is 18.4 Å². The zero-order chi connectivity index (χ0) is 24.2. The number of nitrogens with one attached hydrogen (secondary N) is 1. The summed E-state index contributed by atoms with van der Waals surface area (Å²) in [5, 5.41) is 7.46. The number of aromatic nitrogens is 5. The first kappa shape index (κ1) is 24.7. The maximum Gasteiger partial charge on any atom is 0.243 e. The quantitative estimate of drug-likeness (QED) is 0.450. The van der Waals surface area contributed by atoms with Crippen LogP contribution in [0.4, 0.5) is 5.95 Å². The minimum Gasteiger partial charge on any atom is -0.494 e. The highest BCUT2D eigenvalue weighted by molar-refractivity contribution is 7.93. The van der Waals surface area contributed by atoms with E-state index < -0.39 is 21.4 Å². The number of para-hydroxylation sites is 1. The third-order valence-electron chi connectivity index (χ3n) is 4.97. The summed E-state index contributed by atoms with van der Waals surface area (Å²) in [6, 6.07) is 5.23. The van der Waals surface area contributed by atoms with E-state index in [2.05, 4.69) is 24.9 Å². The predicted octanol–water partition coefficient (Wildman–Crippen LogP) is 2.81. The Labute approximate surface area is 197 Å². The van der Waals surface area contributed by atoms with Gasteiger partial charge in [-0.15, -0.1) is 10.2 Å². The van der Waals surface area contributed by atoms with Gasteiger partial charge in [0.2, 0.25) is 16.0 Å². The van der Waals surface area contributed by atoms with E-state index in [0.29, 0.717) is 34.5 Å². The first-order valence-electron chi connectivity index (χ1n) is 9.94. The molecule has 0 radical (unpaired) electrons. The summed E-state index contributed by atoms with van der Waals surface area (Å²) in [4.78, 5) is 8.18. The van der Waals surface area contributed by atoms with Crippen LogP contribution in [0.3, 0.4) is 0 Å². The van der Waals surface area contributed by atoms with E-state index in [1.54, 1.807) is 22.8 Å². The molecule has 1 aromatic carbocycles. The number of hydrogen-bond donors (Lipinski definition) is 1. The average molecular weight is 497 g/mol. The lowest BCUT2D eigenvalue weighted by Gasteiger charge is -2.22. The zero-order valence-electron chi connectivity index (χ0n) is 18.8. The minimum atomic E-state index is -4.04. The van der Waals surface area contributed by atoms with Gasteiger partial charge in [-0.2, -0.15) is 0 Å². The third kappa shape index (κ3) is 5.02. The molecule has 0 aliphatic carbocycles. The van der Waals surface area contributed by atoms with Crippen molar-refractivity contribution in [2.75, 3.05) is 26.1 Å². The largest absolute Gasteiger partial charge is 0.494 e. The number of halogens is 1. The Balaban J connectivity index is 2.04. The second kappa shape index (κ2) is 10.3. The number of methoxy groups -OCH3 is 3. The topological polar surface area (TPSA) is 130 Å². The summed E-state index contributed by atoms with van der Waals surface area (Å²) >= 11 is 5.84. The van der Waals surface area contributed by atoms with Gasteiger partial charge in [-0.05, 0) is 19.1 Å². The molecule has 1 N–H and O–H groups in total. The third-order valence-corrected chi connectivity index (χ3v) is 6.86. The van der Waals surface area contributed by atoms with Crippen molar-refractivity contribution in [3.63, 3.8) is 0 Å². The Morgan fingerprint density at radius 3 is 2.21 bits per heavy atom. The first-order chi connectivity index (χ1) is 15.8. The van der Waals surface area contributed by atoms with Gasteiger partial charge in [0, 0.05) is 25.9 Å². The summed E-state index contributed by atoms with van der Waals surface area (Å²) in [6.07, 6.45) is 2.27. The maximum atomic E-state index is 13.3. The van der Waals surface area contributed by atoms with Gasteiger partial charge >= 0.3 is 0 Å². The van der Waals surface area contributed by atoms with E-state index in [-0.39, 0.29) is 11.8 Å². The molecule has 0 bridgehead atoms. The molecule has 178 valence electrons. The molecule has 2 atom stereocenters. The lowest BCUT2D eigenvalue weighted by atomic mass is 10.2. The molecule has 3 aromatic rings. The fraction of sp³-hybridized carbons (Fsp3) is 0.400. The molecule has 0 saturated heterocycles. The summed E-state index contributed by atoms with van der Waals surface area (Å²) in [6.45, 7) is 3.36. The lowest BCUT2D eigenvalue weighted by Crippen LogP contribution is -2.33. The Hall–Kier alpha value is -2.96. The molecule has 0 aliphatic rings. The molecule has 0 spiro atoms. The molecule has 2 aromatic heterocycles. The van der Waals surface area contributed by atoms with Gasteiger partial charge in [-0.3, -0.25) is 9.29 Å². The van der Waals surface area contributed by atoms with Crippen LogP contribution in [0.5, 0.6) is 11.5 Å². The van der Waals surface area contributed by atoms with E-state index in [9.17, 15) is 8.42 Å². The van der Waals surface area contributed by atoms with Gasteiger partial charge in [0.25, 0.3) is 0 Å². The molecule has 2 unspecified atom stereocenters. The highest BCUT2D eigenvalue weighted by Crippen LogP contribution is 2.36. The number of anilines is 1. The number of aryl methyl sites for hydroxylation is 1. The molecule has 0 aliphatic heterocycles. The van der Waals surface area contributed by atoms with Gasteiger partial charge in [0.15, 0.2) is 5.82 Å². The van der Waals surface area contributed by atoms with Crippen LogP contribution in [-0.2, 0) is 21.2 Å². The van der Waals surface area contributed by atoms with E-state index >= 15 is 0 Å². The summed E-state index contributed by atoms with van der Waals surface area (Å²) in [5.74, 6) is 1.59. The van der Waals surface area contributed by atoms with E-state index in [1.165, 1.54) is 40.6 Å². The van der Waals surface area contributed by atoms with Crippen molar-refractivity contribution in [1.29, 1.82) is 0 Å². The van der Waals surface area contributed by atoms with Crippen molar-refractivity contribution in [1.82, 2.24) is 24.7 Å². The van der Waals surface area contributed by atoms with Gasteiger partial charge in [0.05, 0.1) is 19.2 Å². The SMILES string of the molecule is CCc1nnc(NS(=O)(=O)C(C)C(OC)c2ncc(Cl)cn2)n1-c1c(OC)cccc1OC. The van der Waals surface area contributed by atoms with Gasteiger partial charge in [-0.1, -0.05) is 24.6 Å². The van der Waals surface area contributed by atoms with Crippen LogP contribution in [0.25, 0.3) is 5.69 Å². The summed E-state index contributed by atoms with van der Waals surface area (Å²) in [7, 11) is 0.359. The normalized spacial score (nSPS) is 13.4. The molecular weight excluding hydrogens is 472 g/mol. The molecule has 0 saturated carbocycles. The van der Waals surface area contributed by atoms with E-state index in [0.717, 1.165) is 0 Å². The number of nitrogens with zero attached hydrogens (tertiary/aromatic N) is 5. The van der Waals surface area contributed by atoms with Gasteiger partial charge < -0.3 is 14.2 Å². The summed E-state index contributed by atoms with van der Waals surface area (Å²) < 4.78 is 47.1. The van der Waals surface area contributed by atoms with Crippen LogP contribution in [0.1, 0.15) is 31.6 Å². The van der Waals surface area contributed by atoms with Crippen LogP contribution in [0.15, 0.2) is 30.6 Å². The van der Waals surface area contributed by atoms with Crippen molar-refractivity contribution in [2.24, 2.45) is 0 Å². The Morgan fingerprint density at radius 1 is 1.09 bits per heavy atom. The van der Waals surface area contributed by atoms with Crippen LogP contribution < -0.4 is 14.2 Å². The zero-order valence-corrected chi connectivity index (χ0v) is 20.4. The lowest BCUT2D eigenvalue weighted by molar-refractivity contribution is 0.0950. The molecular formula is C20H25ClN6O5S. The highest BCUT2D eigenvalue weighted by Gasteiger charge is 2.34. The number of sulfonamides is 1. The van der Waals surface area contributed by atoms with Crippen molar-refractivity contribution in [3.8, 4) is 17.2 Å². The van der Waals surface area contributed by atoms with Crippen molar-refractivity contribution >= 4 is 27.6 Å². The number of hydrogen-bond acceptors (Lipinski definition) is 9. The maximum absolute atomic E-state index is 13.3. The number of ether oxygens (including phenoxy) is 3. The standard InChI is InChI=1S/C20H25ClN6O5S/c1-6-16-24-25-20(27(16)17-14(30-3)8-7-9-15(17)31-4)26-33(28,29)12(2)18(32-5)19-22-10-13(21)11-23-19/h7-12,18H,6H2,1-5H3,(H,25,26). The second-order valence-electron chi connectivity index (χ2n) is 6.91. The Kier molecular flexibility index (Phi) is 7.72. The molecule has 2 heterocycles. The predicted molar refractivity (Wildman–Crippen MR) is 123 cm³/mol. The fourth-order valence-electron chi connectivity index (χ4n) is 3.26. The Morgan fingerprint density at radius 2 is 1.70 bits per heavy atom. The van der Waals surface area contributed by atoms with Crippen LogP contribution >= 0.6 is 11.6 Å². The summed E-state index contributed by atoms with van der Waals surface area (Å²) in [5.41, 5.74) is 0.471. The average Bonchev–Trinajstić information content (AvgIpc) is 3.21. The van der Waals surface area contributed by atoms with Crippen molar-refractivity contribution in [2.45, 2.75) is 31.6 Å². The van der Waals surface area contributed by atoms with Crippen LogP contribution in [-0.4, -0.2) is 59.7 Å². The molecule has 0 amide bonds. The molecule has 13 heteroatoms. The molecule has 0 fully saturated rings. The van der Waals surface area contributed by atoms with Crippen molar-refractivity contribution in [3.05, 3.63) is 47.3 Å². The molecule has 11 nitrogen and oxygen atoms in total. The molecule has 3 rings (SSSR count).